The second kappa shape index (κ2) is 4.79. The average Bonchev–Trinajstić information content (AvgIpc) is 2.16. The third-order valence-electron chi connectivity index (χ3n) is 2.01. The molecule has 4 N–H and O–H groups in total. The minimum absolute atomic E-state index is 0.403. The lowest BCUT2D eigenvalue weighted by Gasteiger charge is -2.22. The lowest BCUT2D eigenvalue weighted by atomic mass is 10.3. The summed E-state index contributed by atoms with van der Waals surface area (Å²) in [6, 6.07) is 0. The smallest absolute Gasteiger partial charge is 0.157 e. The van der Waals surface area contributed by atoms with Crippen molar-refractivity contribution in [3.05, 3.63) is 6.33 Å². The molecule has 1 atom stereocenters. The lowest BCUT2D eigenvalue weighted by Crippen LogP contribution is -2.28. The Morgan fingerprint density at radius 2 is 2.27 bits per heavy atom. The van der Waals surface area contributed by atoms with Crippen molar-refractivity contribution < 1.29 is 5.11 Å². The molecule has 0 fully saturated rings. The first kappa shape index (κ1) is 11.5. The van der Waals surface area contributed by atoms with Crippen molar-refractivity contribution >= 4 is 17.3 Å². The fraction of sp³-hybridized carbons (Fsp3) is 0.556. The number of aliphatic hydroxyl groups excluding tert-OH is 1. The number of likely N-dealkylation sites (N-methyl/N-ethyl adjacent to an activating group) is 1. The zero-order valence-corrected chi connectivity index (χ0v) is 9.23. The lowest BCUT2D eigenvalue weighted by molar-refractivity contribution is 0.201. The van der Waals surface area contributed by atoms with Crippen LogP contribution in [-0.4, -0.2) is 41.8 Å². The third-order valence-corrected chi connectivity index (χ3v) is 2.01. The molecule has 0 spiro atoms. The molecule has 0 radical (unpaired) electrons. The highest BCUT2D eigenvalue weighted by Gasteiger charge is 2.12. The summed E-state index contributed by atoms with van der Waals surface area (Å²) in [4.78, 5) is 9.84. The third kappa shape index (κ3) is 2.69. The summed E-state index contributed by atoms with van der Waals surface area (Å²) in [7, 11) is 3.60. The highest BCUT2D eigenvalue weighted by molar-refractivity contribution is 5.75. The number of rotatable bonds is 4. The van der Waals surface area contributed by atoms with E-state index in [0.29, 0.717) is 23.9 Å². The summed E-state index contributed by atoms with van der Waals surface area (Å²) < 4.78 is 0. The molecule has 1 rings (SSSR count). The van der Waals surface area contributed by atoms with Crippen LogP contribution in [0.15, 0.2) is 6.33 Å². The number of aromatic nitrogens is 2. The fourth-order valence-electron chi connectivity index (χ4n) is 1.40. The predicted octanol–water partition coefficient (Wildman–Crippen LogP) is -0.0825. The topological polar surface area (TPSA) is 87.3 Å². The van der Waals surface area contributed by atoms with Gasteiger partial charge in [-0.2, -0.15) is 0 Å². The maximum absolute atomic E-state index is 9.28. The molecule has 0 saturated carbocycles. The maximum atomic E-state index is 9.28. The molecule has 1 heterocycles. The largest absolute Gasteiger partial charge is 0.392 e. The minimum Gasteiger partial charge on any atom is -0.392 e. The molecule has 0 amide bonds. The van der Waals surface area contributed by atoms with Gasteiger partial charge in [0, 0.05) is 20.6 Å². The van der Waals surface area contributed by atoms with Crippen LogP contribution in [0.4, 0.5) is 17.3 Å². The van der Waals surface area contributed by atoms with Crippen molar-refractivity contribution in [3.63, 3.8) is 0 Å². The van der Waals surface area contributed by atoms with Crippen LogP contribution in [0.25, 0.3) is 0 Å². The molecule has 0 saturated heterocycles. The molecular weight excluding hydrogens is 194 g/mol. The fourth-order valence-corrected chi connectivity index (χ4v) is 1.40. The Hall–Kier alpha value is -1.56. The maximum Gasteiger partial charge on any atom is 0.157 e. The summed E-state index contributed by atoms with van der Waals surface area (Å²) in [6.07, 6.45) is 0.986. The van der Waals surface area contributed by atoms with Crippen molar-refractivity contribution in [2.75, 3.05) is 36.6 Å². The second-order valence-corrected chi connectivity index (χ2v) is 3.44. The van der Waals surface area contributed by atoms with Crippen LogP contribution in [0.3, 0.4) is 0 Å². The van der Waals surface area contributed by atoms with Gasteiger partial charge in [0.1, 0.15) is 12.0 Å². The molecule has 0 aliphatic heterocycles. The van der Waals surface area contributed by atoms with Gasteiger partial charge in [-0.15, -0.1) is 0 Å². The molecule has 84 valence electrons. The summed E-state index contributed by atoms with van der Waals surface area (Å²) in [5.74, 6) is 1.09. The van der Waals surface area contributed by atoms with E-state index in [4.69, 9.17) is 5.73 Å². The summed E-state index contributed by atoms with van der Waals surface area (Å²) in [5.41, 5.74) is 6.38. The SMILES string of the molecule is CNc1c(N)ncnc1N(C)C[C@@H](C)O. The van der Waals surface area contributed by atoms with Crippen molar-refractivity contribution in [2.24, 2.45) is 0 Å². The molecule has 6 nitrogen and oxygen atoms in total. The molecule has 1 aromatic rings. The van der Waals surface area contributed by atoms with E-state index in [1.165, 1.54) is 6.33 Å². The van der Waals surface area contributed by atoms with Crippen LogP contribution in [0.2, 0.25) is 0 Å². The van der Waals surface area contributed by atoms with Gasteiger partial charge in [-0.05, 0) is 6.92 Å². The van der Waals surface area contributed by atoms with Gasteiger partial charge in [-0.3, -0.25) is 0 Å². The van der Waals surface area contributed by atoms with Crippen molar-refractivity contribution in [3.8, 4) is 0 Å². The molecular formula is C9H17N5O. The van der Waals surface area contributed by atoms with E-state index in [-0.39, 0.29) is 0 Å². The van der Waals surface area contributed by atoms with Crippen LogP contribution in [0, 0.1) is 0 Å². The summed E-state index contributed by atoms with van der Waals surface area (Å²) in [5, 5.41) is 12.2. The molecule has 1 aromatic heterocycles. The first-order chi connectivity index (χ1) is 7.06. The Labute approximate surface area is 89.1 Å². The van der Waals surface area contributed by atoms with E-state index < -0.39 is 6.10 Å². The average molecular weight is 211 g/mol. The molecule has 0 unspecified atom stereocenters. The van der Waals surface area contributed by atoms with Gasteiger partial charge in [0.15, 0.2) is 11.6 Å². The first-order valence-electron chi connectivity index (χ1n) is 4.73. The number of hydrogen-bond acceptors (Lipinski definition) is 6. The van der Waals surface area contributed by atoms with Crippen LogP contribution in [0.1, 0.15) is 6.92 Å². The van der Waals surface area contributed by atoms with E-state index in [1.54, 1.807) is 14.0 Å². The Bertz CT molecular complexity index is 328. The summed E-state index contributed by atoms with van der Waals surface area (Å²) >= 11 is 0. The summed E-state index contributed by atoms with van der Waals surface area (Å²) in [6.45, 7) is 2.21. The standard InChI is InChI=1S/C9H17N5O/c1-6(15)4-14(3)9-7(11-2)8(10)12-5-13-9/h5-6,11,15H,4H2,1-3H3,(H2,10,12,13)/t6-/m1/s1. The van der Waals surface area contributed by atoms with Gasteiger partial charge >= 0.3 is 0 Å². The van der Waals surface area contributed by atoms with Crippen LogP contribution < -0.4 is 16.0 Å². The van der Waals surface area contributed by atoms with Crippen molar-refractivity contribution in [1.82, 2.24) is 9.97 Å². The highest BCUT2D eigenvalue weighted by atomic mass is 16.3. The van der Waals surface area contributed by atoms with E-state index in [1.807, 2.05) is 11.9 Å². The zero-order valence-electron chi connectivity index (χ0n) is 9.23. The molecule has 0 bridgehead atoms. The van der Waals surface area contributed by atoms with Gasteiger partial charge in [0.25, 0.3) is 0 Å². The molecule has 0 aliphatic rings. The Kier molecular flexibility index (Phi) is 3.68. The van der Waals surface area contributed by atoms with E-state index in [0.717, 1.165) is 0 Å². The van der Waals surface area contributed by atoms with Crippen molar-refractivity contribution in [1.29, 1.82) is 0 Å². The van der Waals surface area contributed by atoms with Gasteiger partial charge in [-0.1, -0.05) is 0 Å². The monoisotopic (exact) mass is 211 g/mol. The van der Waals surface area contributed by atoms with Crippen LogP contribution >= 0.6 is 0 Å². The molecule has 6 heteroatoms. The molecule has 0 aromatic carbocycles. The number of nitrogens with one attached hydrogen (secondary N) is 1. The number of hydrogen-bond donors (Lipinski definition) is 3. The number of nitrogens with zero attached hydrogens (tertiary/aromatic N) is 3. The first-order valence-corrected chi connectivity index (χ1v) is 4.73. The van der Waals surface area contributed by atoms with Crippen LogP contribution in [0.5, 0.6) is 0 Å². The molecule has 0 aliphatic carbocycles. The van der Waals surface area contributed by atoms with Gasteiger partial charge in [0.2, 0.25) is 0 Å². The van der Waals surface area contributed by atoms with E-state index in [9.17, 15) is 5.11 Å². The Morgan fingerprint density at radius 1 is 1.60 bits per heavy atom. The van der Waals surface area contributed by atoms with Gasteiger partial charge in [-0.25, -0.2) is 9.97 Å². The highest BCUT2D eigenvalue weighted by Crippen LogP contribution is 2.25. The van der Waals surface area contributed by atoms with Gasteiger partial charge < -0.3 is 21.1 Å². The number of nitrogens with two attached hydrogens (primary N) is 1. The predicted molar refractivity (Wildman–Crippen MR) is 60.9 cm³/mol. The Morgan fingerprint density at radius 3 is 2.80 bits per heavy atom. The van der Waals surface area contributed by atoms with Crippen LogP contribution in [-0.2, 0) is 0 Å². The minimum atomic E-state index is -0.420. The van der Waals surface area contributed by atoms with Gasteiger partial charge in [0.05, 0.1) is 6.10 Å². The second-order valence-electron chi connectivity index (χ2n) is 3.44. The number of nitrogen functional groups attached to an aromatic ring is 1. The van der Waals surface area contributed by atoms with E-state index in [2.05, 4.69) is 15.3 Å². The number of aliphatic hydroxyl groups is 1. The zero-order chi connectivity index (χ0) is 11.4. The van der Waals surface area contributed by atoms with E-state index >= 15 is 0 Å². The quantitative estimate of drug-likeness (QED) is 0.645. The molecule has 15 heavy (non-hydrogen) atoms. The Balaban J connectivity index is 2.97. The normalized spacial score (nSPS) is 12.3. The van der Waals surface area contributed by atoms with Crippen molar-refractivity contribution in [2.45, 2.75) is 13.0 Å². The number of anilines is 3.